The molecule has 146 valence electrons. The Kier molecular flexibility index (Phi) is 5.18. The van der Waals surface area contributed by atoms with E-state index in [1.165, 1.54) is 23.1 Å². The van der Waals surface area contributed by atoms with Crippen LogP contribution in [0.3, 0.4) is 0 Å². The average molecular weight is 407 g/mol. The third-order valence-electron chi connectivity index (χ3n) is 4.81. The lowest BCUT2D eigenvalue weighted by Gasteiger charge is -2.24. The second-order valence-corrected chi connectivity index (χ2v) is 7.62. The molecular weight excluding hydrogens is 389 g/mol. The van der Waals surface area contributed by atoms with Gasteiger partial charge in [0.2, 0.25) is 0 Å². The minimum Gasteiger partial charge on any atom is -0.334 e. The van der Waals surface area contributed by atoms with Crippen LogP contribution in [0.5, 0.6) is 0 Å². The van der Waals surface area contributed by atoms with Gasteiger partial charge in [-0.15, -0.1) is 16.4 Å². The van der Waals surface area contributed by atoms with E-state index in [9.17, 15) is 9.18 Å². The molecule has 0 aliphatic heterocycles. The van der Waals surface area contributed by atoms with Crippen molar-refractivity contribution in [2.24, 2.45) is 0 Å². The Labute approximate surface area is 171 Å². The Morgan fingerprint density at radius 3 is 2.59 bits per heavy atom. The highest BCUT2D eigenvalue weighted by Gasteiger charge is 2.21. The van der Waals surface area contributed by atoms with Gasteiger partial charge in [-0.25, -0.2) is 9.07 Å². The Bertz CT molecular complexity index is 1110. The minimum atomic E-state index is -0.314. The molecule has 2 aromatic heterocycles. The summed E-state index contributed by atoms with van der Waals surface area (Å²) in [6, 6.07) is 15.5. The molecule has 4 rings (SSSR count). The van der Waals surface area contributed by atoms with Crippen molar-refractivity contribution in [2.45, 2.75) is 13.0 Å². The van der Waals surface area contributed by atoms with E-state index in [0.717, 1.165) is 16.0 Å². The van der Waals surface area contributed by atoms with E-state index in [1.54, 1.807) is 47.5 Å². The van der Waals surface area contributed by atoms with Gasteiger partial charge in [0.1, 0.15) is 12.1 Å². The molecule has 2 aromatic carbocycles. The monoisotopic (exact) mass is 407 g/mol. The second kappa shape index (κ2) is 7.92. The zero-order chi connectivity index (χ0) is 20.4. The summed E-state index contributed by atoms with van der Waals surface area (Å²) in [7, 11) is 1.79. The zero-order valence-electron chi connectivity index (χ0n) is 15.9. The lowest BCUT2D eigenvalue weighted by atomic mass is 10.0. The third-order valence-corrected chi connectivity index (χ3v) is 5.85. The Hall–Kier alpha value is -3.39. The Morgan fingerprint density at radius 2 is 1.93 bits per heavy atom. The summed E-state index contributed by atoms with van der Waals surface area (Å²) in [6.45, 7) is 2.00. The fraction of sp³-hybridized carbons (Fsp3) is 0.143. The number of rotatable bonds is 5. The number of tetrazole rings is 1. The summed E-state index contributed by atoms with van der Waals surface area (Å²) < 4.78 is 14.8. The molecule has 0 saturated carbocycles. The number of halogens is 1. The van der Waals surface area contributed by atoms with Crippen LogP contribution >= 0.6 is 11.3 Å². The molecule has 2 heterocycles. The van der Waals surface area contributed by atoms with E-state index < -0.39 is 0 Å². The first-order valence-corrected chi connectivity index (χ1v) is 9.86. The molecule has 0 spiro atoms. The minimum absolute atomic E-state index is 0.0616. The maximum Gasteiger partial charge on any atom is 0.254 e. The molecule has 0 saturated heterocycles. The SMILES string of the molecule is CC(c1cccs1)N(C)C(=O)c1cc(-c2ccc(F)cc2)cc(-n2cnnn2)c1. The molecular formula is C21H18FN5OS. The lowest BCUT2D eigenvalue weighted by Crippen LogP contribution is -2.29. The van der Waals surface area contributed by atoms with Crippen LogP contribution in [-0.2, 0) is 0 Å². The fourth-order valence-electron chi connectivity index (χ4n) is 3.05. The molecule has 0 bridgehead atoms. The highest BCUT2D eigenvalue weighted by molar-refractivity contribution is 7.10. The van der Waals surface area contributed by atoms with Crippen LogP contribution in [0.15, 0.2) is 66.3 Å². The Balaban J connectivity index is 1.75. The predicted molar refractivity (Wildman–Crippen MR) is 109 cm³/mol. The first kappa shape index (κ1) is 18.9. The predicted octanol–water partition coefficient (Wildman–Crippen LogP) is 4.36. The molecule has 8 heteroatoms. The zero-order valence-corrected chi connectivity index (χ0v) is 16.7. The van der Waals surface area contributed by atoms with Crippen LogP contribution in [0.25, 0.3) is 16.8 Å². The van der Waals surface area contributed by atoms with Crippen LogP contribution in [0.2, 0.25) is 0 Å². The third kappa shape index (κ3) is 3.93. The molecule has 4 aromatic rings. The fourth-order valence-corrected chi connectivity index (χ4v) is 3.88. The number of carbonyl (C=O) groups excluding carboxylic acids is 1. The summed E-state index contributed by atoms with van der Waals surface area (Å²) in [6.07, 6.45) is 1.47. The number of nitrogens with zero attached hydrogens (tertiary/aromatic N) is 5. The largest absolute Gasteiger partial charge is 0.334 e. The number of benzene rings is 2. The van der Waals surface area contributed by atoms with Gasteiger partial charge in [-0.3, -0.25) is 4.79 Å². The van der Waals surface area contributed by atoms with Crippen molar-refractivity contribution in [3.63, 3.8) is 0 Å². The van der Waals surface area contributed by atoms with Crippen molar-refractivity contribution in [3.05, 3.63) is 82.6 Å². The quantitative estimate of drug-likeness (QED) is 0.493. The van der Waals surface area contributed by atoms with E-state index in [0.29, 0.717) is 11.3 Å². The van der Waals surface area contributed by atoms with Crippen molar-refractivity contribution in [3.8, 4) is 16.8 Å². The van der Waals surface area contributed by atoms with Crippen molar-refractivity contribution < 1.29 is 9.18 Å². The molecule has 1 unspecified atom stereocenters. The van der Waals surface area contributed by atoms with Gasteiger partial charge in [0.15, 0.2) is 0 Å². The van der Waals surface area contributed by atoms with E-state index in [2.05, 4.69) is 15.5 Å². The second-order valence-electron chi connectivity index (χ2n) is 6.64. The van der Waals surface area contributed by atoms with Gasteiger partial charge in [-0.05, 0) is 70.3 Å². The van der Waals surface area contributed by atoms with Gasteiger partial charge in [-0.2, -0.15) is 0 Å². The summed E-state index contributed by atoms with van der Waals surface area (Å²) in [4.78, 5) is 16.1. The summed E-state index contributed by atoms with van der Waals surface area (Å²) in [5, 5.41) is 13.3. The van der Waals surface area contributed by atoms with Crippen molar-refractivity contribution in [1.82, 2.24) is 25.1 Å². The van der Waals surface area contributed by atoms with Gasteiger partial charge >= 0.3 is 0 Å². The van der Waals surface area contributed by atoms with Crippen molar-refractivity contribution in [2.75, 3.05) is 7.05 Å². The summed E-state index contributed by atoms with van der Waals surface area (Å²) in [5.74, 6) is -0.435. The lowest BCUT2D eigenvalue weighted by molar-refractivity contribution is 0.0745. The maximum absolute atomic E-state index is 13.4. The maximum atomic E-state index is 13.4. The Morgan fingerprint density at radius 1 is 1.14 bits per heavy atom. The molecule has 1 amide bonds. The van der Waals surface area contributed by atoms with Crippen LogP contribution < -0.4 is 0 Å². The van der Waals surface area contributed by atoms with Gasteiger partial charge in [0, 0.05) is 17.5 Å². The molecule has 6 nitrogen and oxygen atoms in total. The molecule has 1 atom stereocenters. The molecule has 29 heavy (non-hydrogen) atoms. The highest BCUT2D eigenvalue weighted by atomic mass is 32.1. The number of hydrogen-bond acceptors (Lipinski definition) is 5. The molecule has 0 N–H and O–H groups in total. The summed E-state index contributed by atoms with van der Waals surface area (Å²) in [5.41, 5.74) is 2.73. The standard InChI is InChI=1S/C21H18FN5OS/c1-14(20-4-3-9-29-20)26(2)21(28)17-10-16(15-5-7-18(22)8-6-15)11-19(12-17)27-13-23-24-25-27/h3-14H,1-2H3. The number of aromatic nitrogens is 4. The first-order chi connectivity index (χ1) is 14.0. The highest BCUT2D eigenvalue weighted by Crippen LogP contribution is 2.28. The van der Waals surface area contributed by atoms with Gasteiger partial charge in [0.05, 0.1) is 11.7 Å². The molecule has 0 aliphatic rings. The number of thiophene rings is 1. The topological polar surface area (TPSA) is 63.9 Å². The molecule has 0 radical (unpaired) electrons. The molecule has 0 aliphatic carbocycles. The van der Waals surface area contributed by atoms with Crippen LogP contribution in [0, 0.1) is 5.82 Å². The molecule has 0 fully saturated rings. The van der Waals surface area contributed by atoms with Crippen molar-refractivity contribution >= 4 is 17.2 Å². The van der Waals surface area contributed by atoms with Crippen LogP contribution in [0.4, 0.5) is 4.39 Å². The van der Waals surface area contributed by atoms with E-state index in [4.69, 9.17) is 0 Å². The summed E-state index contributed by atoms with van der Waals surface area (Å²) >= 11 is 1.61. The number of amides is 1. The smallest absolute Gasteiger partial charge is 0.254 e. The number of carbonyl (C=O) groups is 1. The number of hydrogen-bond donors (Lipinski definition) is 0. The van der Waals surface area contributed by atoms with Crippen LogP contribution in [-0.4, -0.2) is 38.1 Å². The van der Waals surface area contributed by atoms with Gasteiger partial charge in [-0.1, -0.05) is 18.2 Å². The van der Waals surface area contributed by atoms with E-state index >= 15 is 0 Å². The van der Waals surface area contributed by atoms with Crippen LogP contribution in [0.1, 0.15) is 28.2 Å². The van der Waals surface area contributed by atoms with E-state index in [-0.39, 0.29) is 17.8 Å². The van der Waals surface area contributed by atoms with Gasteiger partial charge in [0.25, 0.3) is 5.91 Å². The van der Waals surface area contributed by atoms with Crippen molar-refractivity contribution in [1.29, 1.82) is 0 Å². The average Bonchev–Trinajstić information content (AvgIpc) is 3.46. The normalized spacial score (nSPS) is 12.0. The van der Waals surface area contributed by atoms with E-state index in [1.807, 2.05) is 30.5 Å². The van der Waals surface area contributed by atoms with Gasteiger partial charge < -0.3 is 4.90 Å². The first-order valence-electron chi connectivity index (χ1n) is 8.98.